The van der Waals surface area contributed by atoms with Crippen molar-refractivity contribution in [1.29, 1.82) is 0 Å². The zero-order valence-corrected chi connectivity index (χ0v) is 22.0. The number of aromatic nitrogens is 3. The number of ether oxygens (including phenoxy) is 2. The summed E-state index contributed by atoms with van der Waals surface area (Å²) in [4.78, 5) is 47.0. The fraction of sp³-hybridized carbons (Fsp3) is 0.500. The van der Waals surface area contributed by atoms with Gasteiger partial charge in [0.15, 0.2) is 0 Å². The molecule has 10 nitrogen and oxygen atoms in total. The smallest absolute Gasteiger partial charge is 0.419 e. The average Bonchev–Trinajstić information content (AvgIpc) is 3.23. The summed E-state index contributed by atoms with van der Waals surface area (Å²) in [6, 6.07) is 5.39. The van der Waals surface area contributed by atoms with Gasteiger partial charge in [-0.1, -0.05) is 25.5 Å². The highest BCUT2D eigenvalue weighted by molar-refractivity contribution is 6.14. The van der Waals surface area contributed by atoms with Crippen LogP contribution in [0.1, 0.15) is 67.0 Å². The zero-order valence-electron chi connectivity index (χ0n) is 22.0. The maximum atomic E-state index is 12.8. The third kappa shape index (κ3) is 8.83. The van der Waals surface area contributed by atoms with E-state index in [-0.39, 0.29) is 30.2 Å². The van der Waals surface area contributed by atoms with Crippen molar-refractivity contribution in [2.45, 2.75) is 72.5 Å². The molecule has 0 aliphatic heterocycles. The van der Waals surface area contributed by atoms with Crippen LogP contribution in [0.5, 0.6) is 0 Å². The van der Waals surface area contributed by atoms with Gasteiger partial charge < -0.3 is 14.6 Å². The molecule has 0 aromatic carbocycles. The number of carbonyl (C=O) groups is 3. The minimum Gasteiger partial charge on any atom is -0.478 e. The maximum absolute atomic E-state index is 12.8. The van der Waals surface area contributed by atoms with Gasteiger partial charge in [0.25, 0.3) is 0 Å². The standard InChI is InChI=1S/C26H36N4O6/c1-8-18(15-30(23(33)35-25(2,3)4)24(34)36-26(5,6)7)12-13-19(22(31)32)20-16-29(17-28-20)21-11-9-10-14-27-21/h9-11,13-14,16-18H,8,12,15H2,1-7H3,(H,31,32)/t18-/m1/s1. The highest BCUT2D eigenvalue weighted by Crippen LogP contribution is 2.22. The molecular weight excluding hydrogens is 464 g/mol. The molecule has 36 heavy (non-hydrogen) atoms. The van der Waals surface area contributed by atoms with Crippen molar-refractivity contribution in [1.82, 2.24) is 19.4 Å². The largest absolute Gasteiger partial charge is 0.478 e. The van der Waals surface area contributed by atoms with Crippen molar-refractivity contribution >= 4 is 23.7 Å². The van der Waals surface area contributed by atoms with Crippen LogP contribution in [0, 0.1) is 5.92 Å². The van der Waals surface area contributed by atoms with Crippen molar-refractivity contribution < 1.29 is 29.0 Å². The van der Waals surface area contributed by atoms with Crippen LogP contribution >= 0.6 is 0 Å². The number of nitrogens with zero attached hydrogens (tertiary/aromatic N) is 4. The first-order valence-corrected chi connectivity index (χ1v) is 11.8. The van der Waals surface area contributed by atoms with E-state index in [9.17, 15) is 19.5 Å². The quantitative estimate of drug-likeness (QED) is 0.483. The molecule has 2 rings (SSSR count). The third-order valence-electron chi connectivity index (χ3n) is 4.90. The molecule has 0 saturated heterocycles. The Labute approximate surface area is 211 Å². The van der Waals surface area contributed by atoms with E-state index in [2.05, 4.69) is 9.97 Å². The van der Waals surface area contributed by atoms with E-state index in [1.807, 2.05) is 13.0 Å². The molecule has 0 fully saturated rings. The van der Waals surface area contributed by atoms with Crippen LogP contribution < -0.4 is 0 Å². The van der Waals surface area contributed by atoms with Crippen molar-refractivity contribution in [3.63, 3.8) is 0 Å². The molecule has 1 N–H and O–H groups in total. The summed E-state index contributed by atoms with van der Waals surface area (Å²) in [6.45, 7) is 12.2. The molecular formula is C26H36N4O6. The van der Waals surface area contributed by atoms with Gasteiger partial charge in [0.2, 0.25) is 0 Å². The van der Waals surface area contributed by atoms with Crippen molar-refractivity contribution in [3.05, 3.63) is 48.7 Å². The van der Waals surface area contributed by atoms with Crippen LogP contribution in [0.3, 0.4) is 0 Å². The van der Waals surface area contributed by atoms with E-state index in [0.29, 0.717) is 12.2 Å². The van der Waals surface area contributed by atoms with E-state index < -0.39 is 29.4 Å². The number of rotatable bonds is 8. The van der Waals surface area contributed by atoms with Crippen LogP contribution in [-0.2, 0) is 14.3 Å². The summed E-state index contributed by atoms with van der Waals surface area (Å²) in [6.07, 6.45) is 5.53. The number of carboxylic acids is 1. The van der Waals surface area contributed by atoms with Gasteiger partial charge >= 0.3 is 18.2 Å². The van der Waals surface area contributed by atoms with E-state index in [1.165, 1.54) is 6.33 Å². The predicted octanol–water partition coefficient (Wildman–Crippen LogP) is 5.32. The lowest BCUT2D eigenvalue weighted by Gasteiger charge is -2.30. The number of aliphatic carboxylic acids is 1. The predicted molar refractivity (Wildman–Crippen MR) is 135 cm³/mol. The summed E-state index contributed by atoms with van der Waals surface area (Å²) < 4.78 is 12.5. The normalized spacial score (nSPS) is 13.1. The Kier molecular flexibility index (Phi) is 9.38. The first-order chi connectivity index (χ1) is 16.7. The molecule has 10 heteroatoms. The molecule has 0 aliphatic rings. The van der Waals surface area contributed by atoms with Crippen LogP contribution in [0.2, 0.25) is 0 Å². The van der Waals surface area contributed by atoms with E-state index in [4.69, 9.17) is 9.47 Å². The molecule has 2 aromatic heterocycles. The molecule has 0 aliphatic carbocycles. The average molecular weight is 501 g/mol. The maximum Gasteiger partial charge on any atom is 0.419 e. The second kappa shape index (κ2) is 11.8. The Morgan fingerprint density at radius 1 is 1.06 bits per heavy atom. The zero-order chi connectivity index (χ0) is 27.1. The minimum absolute atomic E-state index is 0.00605. The van der Waals surface area contributed by atoms with E-state index >= 15 is 0 Å². The Balaban J connectivity index is 2.25. The third-order valence-corrected chi connectivity index (χ3v) is 4.90. The van der Waals surface area contributed by atoms with Crippen molar-refractivity contribution in [2.75, 3.05) is 6.54 Å². The Bertz CT molecular complexity index is 1050. The molecule has 0 bridgehead atoms. The molecule has 0 radical (unpaired) electrons. The van der Waals surface area contributed by atoms with Gasteiger partial charge in [0, 0.05) is 18.9 Å². The second-order valence-corrected chi connectivity index (χ2v) is 10.4. The van der Waals surface area contributed by atoms with Crippen LogP contribution in [0.25, 0.3) is 11.4 Å². The number of carbonyl (C=O) groups excluding carboxylic acids is 2. The monoisotopic (exact) mass is 500 g/mol. The summed E-state index contributed by atoms with van der Waals surface area (Å²) in [7, 11) is 0. The fourth-order valence-electron chi connectivity index (χ4n) is 3.17. The molecule has 2 aromatic rings. The number of pyridine rings is 1. The SMILES string of the molecule is CC[C@H](CC=C(C(=O)O)c1cn(-c2ccccn2)cn1)CN(C(=O)OC(C)(C)C)C(=O)OC(C)(C)C. The van der Waals surface area contributed by atoms with Gasteiger partial charge in [0.05, 0.1) is 11.3 Å². The van der Waals surface area contributed by atoms with Crippen molar-refractivity contribution in [3.8, 4) is 5.82 Å². The summed E-state index contributed by atoms with van der Waals surface area (Å²) in [5.74, 6) is -0.762. The lowest BCUT2D eigenvalue weighted by atomic mass is 9.99. The van der Waals surface area contributed by atoms with Crippen LogP contribution in [0.15, 0.2) is 43.0 Å². The number of allylic oxidation sites excluding steroid dienone is 1. The van der Waals surface area contributed by atoms with Gasteiger partial charge in [-0.15, -0.1) is 0 Å². The van der Waals surface area contributed by atoms with E-state index in [1.54, 1.807) is 76.7 Å². The number of carboxylic acid groups (broad SMARTS) is 1. The number of imidazole rings is 1. The number of imide groups is 1. The van der Waals surface area contributed by atoms with E-state index in [0.717, 1.165) is 4.90 Å². The highest BCUT2D eigenvalue weighted by Gasteiger charge is 2.32. The fourth-order valence-corrected chi connectivity index (χ4v) is 3.17. The first-order valence-electron chi connectivity index (χ1n) is 11.8. The second-order valence-electron chi connectivity index (χ2n) is 10.4. The lowest BCUT2D eigenvalue weighted by Crippen LogP contribution is -2.45. The summed E-state index contributed by atoms with van der Waals surface area (Å²) in [5.41, 5.74) is -1.31. The molecule has 0 unspecified atom stereocenters. The molecule has 0 spiro atoms. The number of hydrogen-bond acceptors (Lipinski definition) is 7. The summed E-state index contributed by atoms with van der Waals surface area (Å²) >= 11 is 0. The molecule has 2 amide bonds. The minimum atomic E-state index is -1.13. The van der Waals surface area contributed by atoms with Gasteiger partial charge in [-0.25, -0.2) is 29.3 Å². The van der Waals surface area contributed by atoms with Gasteiger partial charge in [-0.05, 0) is 66.0 Å². The highest BCUT2D eigenvalue weighted by atomic mass is 16.6. The first kappa shape index (κ1) is 28.5. The van der Waals surface area contributed by atoms with Gasteiger partial charge in [-0.3, -0.25) is 4.57 Å². The molecule has 1 atom stereocenters. The van der Waals surface area contributed by atoms with Gasteiger partial charge in [-0.2, -0.15) is 0 Å². The Morgan fingerprint density at radius 3 is 2.14 bits per heavy atom. The van der Waals surface area contributed by atoms with Crippen LogP contribution in [0.4, 0.5) is 9.59 Å². The molecule has 196 valence electrons. The molecule has 0 saturated carbocycles. The Morgan fingerprint density at radius 2 is 1.67 bits per heavy atom. The summed E-state index contributed by atoms with van der Waals surface area (Å²) in [5, 5.41) is 9.81. The molecule has 2 heterocycles. The van der Waals surface area contributed by atoms with Crippen LogP contribution in [-0.4, -0.2) is 60.4 Å². The van der Waals surface area contributed by atoms with Crippen molar-refractivity contribution in [2.24, 2.45) is 5.92 Å². The van der Waals surface area contributed by atoms with Gasteiger partial charge in [0.1, 0.15) is 23.3 Å². The number of amides is 2. The lowest BCUT2D eigenvalue weighted by molar-refractivity contribution is -0.130. The number of hydrogen-bond donors (Lipinski definition) is 1. The Hall–Kier alpha value is -3.69. The topological polar surface area (TPSA) is 124 Å².